The number of likely N-dealkylation sites (tertiary alicyclic amines) is 1. The van der Waals surface area contributed by atoms with Crippen molar-refractivity contribution in [2.45, 2.75) is 43.8 Å². The maximum absolute atomic E-state index is 14.1. The van der Waals surface area contributed by atoms with Crippen molar-refractivity contribution in [3.8, 4) is 0 Å². The van der Waals surface area contributed by atoms with Gasteiger partial charge in [-0.05, 0) is 47.2 Å². The number of nitrogens with one attached hydrogen (secondary N) is 1. The van der Waals surface area contributed by atoms with E-state index in [1.807, 2.05) is 72.8 Å². The van der Waals surface area contributed by atoms with E-state index in [0.29, 0.717) is 48.2 Å². The zero-order valence-corrected chi connectivity index (χ0v) is 26.2. The molecule has 2 heterocycles. The van der Waals surface area contributed by atoms with Crippen LogP contribution < -0.4 is 5.32 Å². The van der Waals surface area contributed by atoms with Crippen LogP contribution in [0.25, 0.3) is 0 Å². The van der Waals surface area contributed by atoms with Crippen LogP contribution >= 0.6 is 23.2 Å². The Morgan fingerprint density at radius 2 is 1.51 bits per heavy atom. The van der Waals surface area contributed by atoms with E-state index < -0.39 is 5.54 Å². The van der Waals surface area contributed by atoms with E-state index >= 15 is 0 Å². The lowest BCUT2D eigenvalue weighted by Gasteiger charge is -2.49. The number of carbonyl (C=O) groups excluding carboxylic acids is 2. The zero-order valence-electron chi connectivity index (χ0n) is 24.7. The number of halogens is 2. The Labute approximate surface area is 272 Å². The molecule has 1 saturated heterocycles. The van der Waals surface area contributed by atoms with Crippen LogP contribution in [0.2, 0.25) is 10.0 Å². The number of hydrogen-bond acceptors (Lipinski definition) is 4. The average Bonchev–Trinajstić information content (AvgIpc) is 3.54. The molecule has 0 aliphatic carbocycles. The van der Waals surface area contributed by atoms with Crippen molar-refractivity contribution in [1.29, 1.82) is 0 Å². The molecule has 45 heavy (non-hydrogen) atoms. The van der Waals surface area contributed by atoms with Crippen LogP contribution in [-0.2, 0) is 34.6 Å². The molecule has 4 aromatic carbocycles. The Balaban J connectivity index is 1.27. The standard InChI is InChI=1S/C36H33Cl2N5O2/c37-30-17-16-29(32(38)22-30)18-21-43-40-25-33(41-43)36(35(45)39-24-26-10-4-1-5-11-26)23-34(44)42(36)20-19-31(27-12-6-2-7-13-27)28-14-8-3-9-15-28/h1-17,22,25,31H,18-21,23-24H2,(H,39,45)/t36-/m1/s1. The summed E-state index contributed by atoms with van der Waals surface area (Å²) in [7, 11) is 0. The van der Waals surface area contributed by atoms with Gasteiger partial charge in [0.05, 0.1) is 19.2 Å². The summed E-state index contributed by atoms with van der Waals surface area (Å²) < 4.78 is 0. The molecule has 1 aliphatic heterocycles. The van der Waals surface area contributed by atoms with E-state index in [0.717, 1.165) is 22.3 Å². The molecule has 7 nitrogen and oxygen atoms in total. The van der Waals surface area contributed by atoms with Gasteiger partial charge < -0.3 is 10.2 Å². The summed E-state index contributed by atoms with van der Waals surface area (Å²) in [5, 5.41) is 13.5. The second-order valence-electron chi connectivity index (χ2n) is 11.2. The van der Waals surface area contributed by atoms with Gasteiger partial charge >= 0.3 is 0 Å². The Morgan fingerprint density at radius 1 is 0.867 bits per heavy atom. The second-order valence-corrected chi connectivity index (χ2v) is 12.1. The third kappa shape index (κ3) is 6.65. The number of amides is 2. The molecule has 0 saturated carbocycles. The molecule has 0 unspecified atom stereocenters. The van der Waals surface area contributed by atoms with Crippen LogP contribution in [0.4, 0.5) is 0 Å². The zero-order chi connectivity index (χ0) is 31.2. The van der Waals surface area contributed by atoms with Crippen LogP contribution in [0.15, 0.2) is 115 Å². The number of rotatable bonds is 12. The summed E-state index contributed by atoms with van der Waals surface area (Å²) >= 11 is 12.4. The number of hydrogen-bond donors (Lipinski definition) is 1. The van der Waals surface area contributed by atoms with Gasteiger partial charge in [-0.3, -0.25) is 9.59 Å². The van der Waals surface area contributed by atoms with Gasteiger partial charge in [-0.1, -0.05) is 120 Å². The Kier molecular flexibility index (Phi) is 9.29. The third-order valence-corrected chi connectivity index (χ3v) is 9.03. The minimum atomic E-state index is -1.26. The van der Waals surface area contributed by atoms with Gasteiger partial charge in [0.15, 0.2) is 5.54 Å². The van der Waals surface area contributed by atoms with Gasteiger partial charge in [-0.25, -0.2) is 0 Å². The van der Waals surface area contributed by atoms with Crippen LogP contribution in [0.1, 0.15) is 46.7 Å². The largest absolute Gasteiger partial charge is 0.350 e. The van der Waals surface area contributed by atoms with Crippen molar-refractivity contribution in [2.24, 2.45) is 0 Å². The SMILES string of the molecule is O=C1C[C@](C(=O)NCc2ccccc2)(c2cnn(CCc3ccc(Cl)cc3Cl)n2)N1CCC(c1ccccc1)c1ccccc1. The Hall–Kier alpha value is -4.46. The predicted molar refractivity (Wildman–Crippen MR) is 176 cm³/mol. The quantitative estimate of drug-likeness (QED) is 0.153. The molecular formula is C36H33Cl2N5O2. The fourth-order valence-electron chi connectivity index (χ4n) is 6.01. The van der Waals surface area contributed by atoms with Crippen LogP contribution in [0, 0.1) is 0 Å². The number of carbonyl (C=O) groups is 2. The number of benzene rings is 4. The molecule has 1 fully saturated rings. The van der Waals surface area contributed by atoms with Crippen molar-refractivity contribution in [3.63, 3.8) is 0 Å². The van der Waals surface area contributed by atoms with E-state index in [2.05, 4.69) is 34.7 Å². The highest BCUT2D eigenvalue weighted by Gasteiger charge is 2.59. The monoisotopic (exact) mass is 637 g/mol. The fraction of sp³-hybridized carbons (Fsp3) is 0.222. The van der Waals surface area contributed by atoms with Gasteiger partial charge in [0.25, 0.3) is 5.91 Å². The molecule has 6 rings (SSSR count). The summed E-state index contributed by atoms with van der Waals surface area (Å²) in [6, 6.07) is 35.6. The summed E-state index contributed by atoms with van der Waals surface area (Å²) in [4.78, 5) is 30.7. The molecule has 228 valence electrons. The van der Waals surface area contributed by atoms with E-state index in [1.54, 1.807) is 28.0 Å². The molecule has 2 amide bonds. The molecule has 0 bridgehead atoms. The van der Waals surface area contributed by atoms with E-state index in [4.69, 9.17) is 28.3 Å². The maximum atomic E-state index is 14.1. The van der Waals surface area contributed by atoms with E-state index in [9.17, 15) is 9.59 Å². The van der Waals surface area contributed by atoms with Crippen molar-refractivity contribution in [2.75, 3.05) is 6.54 Å². The average molecular weight is 639 g/mol. The van der Waals surface area contributed by atoms with E-state index in [-0.39, 0.29) is 24.2 Å². The first-order chi connectivity index (χ1) is 21.9. The molecular weight excluding hydrogens is 605 g/mol. The van der Waals surface area contributed by atoms with Gasteiger partial charge in [0.2, 0.25) is 5.91 Å². The third-order valence-electron chi connectivity index (χ3n) is 8.44. The Bertz CT molecular complexity index is 1730. The van der Waals surface area contributed by atoms with Gasteiger partial charge in [-0.15, -0.1) is 0 Å². The lowest BCUT2D eigenvalue weighted by atomic mass is 9.78. The molecule has 1 atom stereocenters. The van der Waals surface area contributed by atoms with Crippen molar-refractivity contribution in [1.82, 2.24) is 25.2 Å². The second kappa shape index (κ2) is 13.7. The first kappa shape index (κ1) is 30.6. The molecule has 0 radical (unpaired) electrons. The van der Waals surface area contributed by atoms with Crippen LogP contribution in [0.3, 0.4) is 0 Å². The summed E-state index contributed by atoms with van der Waals surface area (Å²) in [6.07, 6.45) is 2.85. The molecule has 1 aliphatic rings. The Morgan fingerprint density at radius 3 is 2.13 bits per heavy atom. The summed E-state index contributed by atoms with van der Waals surface area (Å²) in [5.74, 6) is -0.312. The molecule has 0 spiro atoms. The number of β-lactam (4-membered cyclic amide) rings is 1. The smallest absolute Gasteiger partial charge is 0.253 e. The van der Waals surface area contributed by atoms with Crippen molar-refractivity contribution >= 4 is 35.0 Å². The topological polar surface area (TPSA) is 80.1 Å². The van der Waals surface area contributed by atoms with Crippen LogP contribution in [0.5, 0.6) is 0 Å². The fourth-order valence-corrected chi connectivity index (χ4v) is 6.52. The number of nitrogens with zero attached hydrogens (tertiary/aromatic N) is 4. The predicted octanol–water partition coefficient (Wildman–Crippen LogP) is 6.79. The highest BCUT2D eigenvalue weighted by atomic mass is 35.5. The lowest BCUT2D eigenvalue weighted by molar-refractivity contribution is -0.168. The number of aromatic nitrogens is 3. The van der Waals surface area contributed by atoms with Crippen molar-refractivity contribution < 1.29 is 9.59 Å². The van der Waals surface area contributed by atoms with Gasteiger partial charge in [0, 0.05) is 29.1 Å². The van der Waals surface area contributed by atoms with Crippen LogP contribution in [-0.4, -0.2) is 38.3 Å². The van der Waals surface area contributed by atoms with Gasteiger partial charge in [0.1, 0.15) is 5.69 Å². The highest BCUT2D eigenvalue weighted by Crippen LogP contribution is 2.42. The minimum absolute atomic E-state index is 0.0245. The number of aryl methyl sites for hydroxylation is 2. The summed E-state index contributed by atoms with van der Waals surface area (Å²) in [6.45, 7) is 1.16. The first-order valence-corrected chi connectivity index (χ1v) is 15.8. The molecule has 1 N–H and O–H groups in total. The molecule has 9 heteroatoms. The minimum Gasteiger partial charge on any atom is -0.350 e. The first-order valence-electron chi connectivity index (χ1n) is 15.0. The highest BCUT2D eigenvalue weighted by molar-refractivity contribution is 6.35. The maximum Gasteiger partial charge on any atom is 0.253 e. The normalized spacial score (nSPS) is 16.1. The lowest BCUT2D eigenvalue weighted by Crippen LogP contribution is -2.68. The molecule has 5 aromatic rings. The summed E-state index contributed by atoms with van der Waals surface area (Å²) in [5.41, 5.74) is 3.38. The van der Waals surface area contributed by atoms with Crippen molar-refractivity contribution in [3.05, 3.63) is 153 Å². The van der Waals surface area contributed by atoms with E-state index in [1.165, 1.54) is 0 Å². The molecule has 1 aromatic heterocycles. The van der Waals surface area contributed by atoms with Gasteiger partial charge in [-0.2, -0.15) is 15.0 Å².